The highest BCUT2D eigenvalue weighted by Gasteiger charge is 2.45. The van der Waals surface area contributed by atoms with Crippen molar-refractivity contribution in [3.8, 4) is 0 Å². The highest BCUT2D eigenvalue weighted by molar-refractivity contribution is 5.03. The Labute approximate surface area is 130 Å². The molecule has 124 valence electrons. The summed E-state index contributed by atoms with van der Waals surface area (Å²) in [5.74, 6) is 1.48. The standard InChI is InChI=1S/C17H35N3O/c1-14(2)18-17(13-21,16-5-6-16)12-20(4)11-15-7-9-19(3)10-8-15/h14-16,18,21H,5-13H2,1-4H3. The molecular weight excluding hydrogens is 262 g/mol. The van der Waals surface area contributed by atoms with E-state index in [9.17, 15) is 5.11 Å². The third kappa shape index (κ3) is 4.92. The lowest BCUT2D eigenvalue weighted by Gasteiger charge is -2.40. The number of likely N-dealkylation sites (tertiary alicyclic amines) is 1. The highest BCUT2D eigenvalue weighted by atomic mass is 16.3. The van der Waals surface area contributed by atoms with Crippen molar-refractivity contribution >= 4 is 0 Å². The van der Waals surface area contributed by atoms with E-state index in [1.54, 1.807) is 0 Å². The van der Waals surface area contributed by atoms with E-state index in [1.807, 2.05) is 0 Å². The van der Waals surface area contributed by atoms with Crippen LogP contribution in [0.1, 0.15) is 39.5 Å². The zero-order chi connectivity index (χ0) is 15.5. The van der Waals surface area contributed by atoms with E-state index in [1.165, 1.54) is 45.3 Å². The number of aliphatic hydroxyl groups is 1. The predicted octanol–water partition coefficient (Wildman–Crippen LogP) is 1.40. The Morgan fingerprint density at radius 3 is 2.33 bits per heavy atom. The smallest absolute Gasteiger partial charge is 0.0628 e. The Morgan fingerprint density at radius 2 is 1.86 bits per heavy atom. The van der Waals surface area contributed by atoms with Crippen LogP contribution in [0.3, 0.4) is 0 Å². The molecule has 1 unspecified atom stereocenters. The zero-order valence-corrected chi connectivity index (χ0v) is 14.4. The normalized spacial score (nSPS) is 24.7. The summed E-state index contributed by atoms with van der Waals surface area (Å²) in [6.07, 6.45) is 5.16. The first-order chi connectivity index (χ1) is 9.95. The van der Waals surface area contributed by atoms with Crippen LogP contribution in [-0.4, -0.2) is 73.4 Å². The van der Waals surface area contributed by atoms with Crippen molar-refractivity contribution in [2.24, 2.45) is 11.8 Å². The second kappa shape index (κ2) is 7.40. The molecule has 0 bridgehead atoms. The van der Waals surface area contributed by atoms with E-state index >= 15 is 0 Å². The lowest BCUT2D eigenvalue weighted by molar-refractivity contribution is 0.0808. The fourth-order valence-corrected chi connectivity index (χ4v) is 3.96. The molecule has 1 saturated heterocycles. The Kier molecular flexibility index (Phi) is 6.06. The fraction of sp³-hybridized carbons (Fsp3) is 1.00. The van der Waals surface area contributed by atoms with Gasteiger partial charge < -0.3 is 20.2 Å². The number of likely N-dealkylation sites (N-methyl/N-ethyl adjacent to an activating group) is 1. The largest absolute Gasteiger partial charge is 0.394 e. The summed E-state index contributed by atoms with van der Waals surface area (Å²) in [4.78, 5) is 4.89. The quantitative estimate of drug-likeness (QED) is 0.710. The number of nitrogens with one attached hydrogen (secondary N) is 1. The maximum absolute atomic E-state index is 10.0. The number of hydrogen-bond donors (Lipinski definition) is 2. The molecule has 1 saturated carbocycles. The summed E-state index contributed by atoms with van der Waals surface area (Å²) < 4.78 is 0. The molecule has 1 atom stereocenters. The number of nitrogens with zero attached hydrogens (tertiary/aromatic N) is 2. The van der Waals surface area contributed by atoms with Crippen LogP contribution < -0.4 is 5.32 Å². The van der Waals surface area contributed by atoms with E-state index in [2.05, 4.69) is 43.1 Å². The first kappa shape index (κ1) is 17.2. The van der Waals surface area contributed by atoms with Gasteiger partial charge in [-0.1, -0.05) is 13.8 Å². The van der Waals surface area contributed by atoms with Crippen molar-refractivity contribution in [3.05, 3.63) is 0 Å². The third-order valence-corrected chi connectivity index (χ3v) is 5.18. The first-order valence-corrected chi connectivity index (χ1v) is 8.71. The lowest BCUT2D eigenvalue weighted by atomic mass is 9.91. The van der Waals surface area contributed by atoms with Gasteiger partial charge in [-0.2, -0.15) is 0 Å². The summed E-state index contributed by atoms with van der Waals surface area (Å²) in [7, 11) is 4.45. The number of aliphatic hydroxyl groups excluding tert-OH is 1. The monoisotopic (exact) mass is 297 g/mol. The summed E-state index contributed by atoms with van der Waals surface area (Å²) in [5, 5.41) is 13.7. The Hall–Kier alpha value is -0.160. The minimum absolute atomic E-state index is 0.0889. The number of rotatable bonds is 8. The molecule has 4 heteroatoms. The molecule has 0 radical (unpaired) electrons. The van der Waals surface area contributed by atoms with Crippen LogP contribution >= 0.6 is 0 Å². The Morgan fingerprint density at radius 1 is 1.24 bits per heavy atom. The fourth-order valence-electron chi connectivity index (χ4n) is 3.96. The van der Waals surface area contributed by atoms with Gasteiger partial charge in [0.25, 0.3) is 0 Å². The van der Waals surface area contributed by atoms with Gasteiger partial charge in [-0.25, -0.2) is 0 Å². The molecule has 2 aliphatic rings. The molecule has 0 aromatic heterocycles. The van der Waals surface area contributed by atoms with Gasteiger partial charge in [0, 0.05) is 19.1 Å². The molecule has 2 N–H and O–H groups in total. The van der Waals surface area contributed by atoms with E-state index in [0.29, 0.717) is 12.0 Å². The Bertz CT molecular complexity index is 311. The lowest BCUT2D eigenvalue weighted by Crippen LogP contribution is -2.59. The maximum atomic E-state index is 10.0. The van der Waals surface area contributed by atoms with Crippen molar-refractivity contribution in [1.29, 1.82) is 0 Å². The van der Waals surface area contributed by atoms with Crippen LogP contribution in [0.25, 0.3) is 0 Å². The van der Waals surface area contributed by atoms with Gasteiger partial charge in [0.15, 0.2) is 0 Å². The van der Waals surface area contributed by atoms with Gasteiger partial charge >= 0.3 is 0 Å². The second-order valence-electron chi connectivity index (χ2n) is 7.83. The van der Waals surface area contributed by atoms with Crippen LogP contribution in [0.2, 0.25) is 0 Å². The van der Waals surface area contributed by atoms with E-state index < -0.39 is 0 Å². The second-order valence-corrected chi connectivity index (χ2v) is 7.83. The molecule has 0 spiro atoms. The molecule has 2 fully saturated rings. The van der Waals surface area contributed by atoms with Crippen LogP contribution in [0.15, 0.2) is 0 Å². The van der Waals surface area contributed by atoms with Crippen molar-refractivity contribution in [1.82, 2.24) is 15.1 Å². The summed E-state index contributed by atoms with van der Waals surface area (Å²) in [5.41, 5.74) is -0.0889. The van der Waals surface area contributed by atoms with Crippen LogP contribution in [0.5, 0.6) is 0 Å². The van der Waals surface area contributed by atoms with Gasteiger partial charge in [-0.3, -0.25) is 0 Å². The number of piperidine rings is 1. The van der Waals surface area contributed by atoms with Gasteiger partial charge in [0.05, 0.1) is 12.1 Å². The van der Waals surface area contributed by atoms with E-state index in [0.717, 1.165) is 12.5 Å². The predicted molar refractivity (Wildman–Crippen MR) is 88.5 cm³/mol. The molecule has 0 aromatic carbocycles. The minimum Gasteiger partial charge on any atom is -0.394 e. The van der Waals surface area contributed by atoms with Crippen LogP contribution in [-0.2, 0) is 0 Å². The van der Waals surface area contributed by atoms with E-state index in [-0.39, 0.29) is 12.1 Å². The molecule has 0 amide bonds. The van der Waals surface area contributed by atoms with Gasteiger partial charge in [-0.15, -0.1) is 0 Å². The van der Waals surface area contributed by atoms with Crippen molar-refractivity contribution < 1.29 is 5.11 Å². The molecule has 0 aromatic rings. The average molecular weight is 297 g/mol. The molecular formula is C17H35N3O. The number of hydrogen-bond acceptors (Lipinski definition) is 4. The summed E-state index contributed by atoms with van der Waals surface area (Å²) in [6, 6.07) is 0.425. The summed E-state index contributed by atoms with van der Waals surface area (Å²) >= 11 is 0. The zero-order valence-electron chi connectivity index (χ0n) is 14.4. The van der Waals surface area contributed by atoms with Crippen LogP contribution in [0, 0.1) is 11.8 Å². The van der Waals surface area contributed by atoms with Crippen molar-refractivity contribution in [3.63, 3.8) is 0 Å². The first-order valence-electron chi connectivity index (χ1n) is 8.71. The van der Waals surface area contributed by atoms with Gasteiger partial charge in [0.1, 0.15) is 0 Å². The molecule has 4 nitrogen and oxygen atoms in total. The highest BCUT2D eigenvalue weighted by Crippen LogP contribution is 2.40. The molecule has 1 aliphatic carbocycles. The van der Waals surface area contributed by atoms with E-state index in [4.69, 9.17) is 0 Å². The van der Waals surface area contributed by atoms with Gasteiger partial charge in [-0.05, 0) is 64.7 Å². The molecule has 21 heavy (non-hydrogen) atoms. The third-order valence-electron chi connectivity index (χ3n) is 5.18. The average Bonchev–Trinajstić information content (AvgIpc) is 3.24. The van der Waals surface area contributed by atoms with Crippen molar-refractivity contribution in [2.45, 2.75) is 51.1 Å². The van der Waals surface area contributed by atoms with Crippen LogP contribution in [0.4, 0.5) is 0 Å². The van der Waals surface area contributed by atoms with Crippen molar-refractivity contribution in [2.75, 3.05) is 46.9 Å². The minimum atomic E-state index is -0.0889. The molecule has 1 aliphatic heterocycles. The van der Waals surface area contributed by atoms with Gasteiger partial charge in [0.2, 0.25) is 0 Å². The Balaban J connectivity index is 1.87. The SMILES string of the molecule is CC(C)NC(CO)(CN(C)CC1CCN(C)CC1)C1CC1. The molecule has 2 rings (SSSR count). The summed E-state index contributed by atoms with van der Waals surface area (Å²) in [6.45, 7) is 9.23. The maximum Gasteiger partial charge on any atom is 0.0628 e. The molecule has 1 heterocycles. The topological polar surface area (TPSA) is 38.7 Å².